The number of anilines is 1. The van der Waals surface area contributed by atoms with Crippen molar-refractivity contribution in [3.8, 4) is 22.0 Å². The number of ether oxygens (including phenoxy) is 4. The number of aliphatic carboxylic acids is 1. The fourth-order valence-electron chi connectivity index (χ4n) is 5.43. The molecule has 4 aromatic heterocycles. The van der Waals surface area contributed by atoms with Crippen molar-refractivity contribution >= 4 is 46.8 Å². The van der Waals surface area contributed by atoms with Crippen LogP contribution in [-0.4, -0.2) is 89.3 Å². The van der Waals surface area contributed by atoms with Crippen molar-refractivity contribution in [2.45, 2.75) is 77.5 Å². The van der Waals surface area contributed by atoms with Gasteiger partial charge in [-0.15, -0.1) is 11.3 Å². The van der Waals surface area contributed by atoms with Gasteiger partial charge in [0.05, 0.1) is 24.0 Å². The number of carbonyl (C=O) groups excluding carboxylic acids is 4. The van der Waals surface area contributed by atoms with Gasteiger partial charge >= 0.3 is 23.9 Å². The number of hydrogen-bond acceptors (Lipinski definition) is 14. The second kappa shape index (κ2) is 16.6. The van der Waals surface area contributed by atoms with E-state index >= 15 is 0 Å². The van der Waals surface area contributed by atoms with Gasteiger partial charge in [0.15, 0.2) is 12.5 Å². The molecule has 0 saturated heterocycles. The Bertz CT molecular complexity index is 1960. The van der Waals surface area contributed by atoms with Crippen molar-refractivity contribution in [2.75, 3.05) is 11.9 Å². The maximum Gasteiger partial charge on any atom is 0.353 e. The van der Waals surface area contributed by atoms with Crippen molar-refractivity contribution in [3.05, 3.63) is 53.6 Å². The maximum absolute atomic E-state index is 14.9. The lowest BCUT2D eigenvalue weighted by molar-refractivity contribution is -0.190. The van der Waals surface area contributed by atoms with E-state index in [0.29, 0.717) is 17.2 Å². The van der Waals surface area contributed by atoms with E-state index in [1.54, 1.807) is 10.9 Å². The number of rotatable bonds is 14. The fraction of sp³-hybridized carbons (Fsp3) is 0.406. The molecule has 2 N–H and O–H groups in total. The summed E-state index contributed by atoms with van der Waals surface area (Å²) in [6.07, 6.45) is 3.24. The molecule has 1 fully saturated rings. The van der Waals surface area contributed by atoms with E-state index in [-0.39, 0.29) is 34.9 Å². The van der Waals surface area contributed by atoms with Gasteiger partial charge in [-0.2, -0.15) is 14.6 Å². The first kappa shape index (κ1) is 37.6. The Morgan fingerprint density at radius 1 is 1.00 bits per heavy atom. The Kier molecular flexibility index (Phi) is 12.0. The number of nitrogens with one attached hydrogen (secondary N) is 1. The van der Waals surface area contributed by atoms with E-state index in [1.807, 2.05) is 6.92 Å². The Morgan fingerprint density at radius 3 is 2.38 bits per heavy atom. The standard InChI is InChI=1S/C32H33F2N7O10S/c1-4-48-20-7-5-19(6-8-20)41-13-22(26(39-41)25-21(33)9-10-24(34)38-25)36-29(44)23-14-52-30(37-23)18-11-35-40(12-18)15-49-32(47)28(51-17(3)43)27(31(45)46)50-16(2)42/h9-14,19-20,27-28H,4-8,15H2,1-3H3,(H,36,44)(H,45,46)/t19?,20?,27-,28-/m1/s1. The molecule has 0 unspecified atom stereocenters. The number of carboxylic acids is 1. The first-order valence-corrected chi connectivity index (χ1v) is 16.8. The number of amides is 1. The summed E-state index contributed by atoms with van der Waals surface area (Å²) in [4.78, 5) is 68.5. The number of carboxylic acid groups (broad SMARTS) is 1. The summed E-state index contributed by atoms with van der Waals surface area (Å²) < 4.78 is 51.9. The highest BCUT2D eigenvalue weighted by Crippen LogP contribution is 2.35. The molecule has 0 bridgehead atoms. The number of nitrogens with zero attached hydrogens (tertiary/aromatic N) is 6. The first-order chi connectivity index (χ1) is 24.8. The molecule has 4 aromatic rings. The summed E-state index contributed by atoms with van der Waals surface area (Å²) in [5, 5.41) is 22.5. The van der Waals surface area contributed by atoms with Gasteiger partial charge in [-0.1, -0.05) is 0 Å². The van der Waals surface area contributed by atoms with Crippen molar-refractivity contribution in [2.24, 2.45) is 0 Å². The van der Waals surface area contributed by atoms with Crippen molar-refractivity contribution < 1.29 is 56.8 Å². The van der Waals surface area contributed by atoms with Crippen molar-refractivity contribution in [1.29, 1.82) is 0 Å². The number of pyridine rings is 1. The average Bonchev–Trinajstić information content (AvgIpc) is 3.87. The van der Waals surface area contributed by atoms with Crippen molar-refractivity contribution in [1.82, 2.24) is 29.5 Å². The molecule has 0 aromatic carbocycles. The molecular formula is C32H33F2N7O10S. The van der Waals surface area contributed by atoms with E-state index in [0.717, 1.165) is 67.7 Å². The van der Waals surface area contributed by atoms with E-state index in [1.165, 1.54) is 17.8 Å². The van der Waals surface area contributed by atoms with Gasteiger partial charge in [0.1, 0.15) is 22.1 Å². The van der Waals surface area contributed by atoms with Crippen LogP contribution in [0.3, 0.4) is 0 Å². The third-order valence-electron chi connectivity index (χ3n) is 7.73. The maximum atomic E-state index is 14.9. The van der Waals surface area contributed by atoms with Crippen LogP contribution >= 0.6 is 11.3 Å². The van der Waals surface area contributed by atoms with E-state index in [2.05, 4.69) is 30.2 Å². The Balaban J connectivity index is 1.29. The zero-order valence-electron chi connectivity index (χ0n) is 28.0. The van der Waals surface area contributed by atoms with Crippen LogP contribution < -0.4 is 5.32 Å². The number of esters is 3. The third kappa shape index (κ3) is 9.18. The van der Waals surface area contributed by atoms with E-state index in [9.17, 15) is 37.9 Å². The minimum atomic E-state index is -2.16. The summed E-state index contributed by atoms with van der Waals surface area (Å²) in [5.41, 5.74) is 0.0681. The van der Waals surface area contributed by atoms with E-state index in [4.69, 9.17) is 14.2 Å². The van der Waals surface area contributed by atoms with Gasteiger partial charge in [0.2, 0.25) is 18.2 Å². The molecule has 2 atom stereocenters. The first-order valence-electron chi connectivity index (χ1n) is 15.9. The summed E-state index contributed by atoms with van der Waals surface area (Å²) in [7, 11) is 0. The molecule has 1 aliphatic carbocycles. The number of hydrogen-bond donors (Lipinski definition) is 2. The molecule has 4 heterocycles. The lowest BCUT2D eigenvalue weighted by Crippen LogP contribution is -2.46. The van der Waals surface area contributed by atoms with Gasteiger partial charge in [0.25, 0.3) is 5.91 Å². The molecule has 20 heteroatoms. The molecular weight excluding hydrogens is 712 g/mol. The highest BCUT2D eigenvalue weighted by Gasteiger charge is 2.41. The predicted octanol–water partition coefficient (Wildman–Crippen LogP) is 3.76. The summed E-state index contributed by atoms with van der Waals surface area (Å²) in [6, 6.07) is 1.74. The molecule has 1 amide bonds. The van der Waals surface area contributed by atoms with E-state index < -0.39 is 60.5 Å². The zero-order chi connectivity index (χ0) is 37.5. The number of aromatic nitrogens is 6. The van der Waals surface area contributed by atoms with Crippen LogP contribution in [0.15, 0.2) is 36.1 Å². The molecule has 1 aliphatic rings. The molecule has 17 nitrogen and oxygen atoms in total. The molecule has 0 aliphatic heterocycles. The largest absolute Gasteiger partial charge is 0.478 e. The van der Waals surface area contributed by atoms with Crippen LogP contribution in [0, 0.1) is 11.8 Å². The monoisotopic (exact) mass is 745 g/mol. The number of carbonyl (C=O) groups is 5. The lowest BCUT2D eigenvalue weighted by Gasteiger charge is -2.28. The van der Waals surface area contributed by atoms with Gasteiger partial charge in [-0.05, 0) is 44.7 Å². The van der Waals surface area contributed by atoms with Crippen LogP contribution in [0.25, 0.3) is 22.0 Å². The second-order valence-electron chi connectivity index (χ2n) is 11.5. The van der Waals surface area contributed by atoms with Crippen LogP contribution in [0.1, 0.15) is 63.0 Å². The summed E-state index contributed by atoms with van der Waals surface area (Å²) >= 11 is 1.08. The van der Waals surface area contributed by atoms with Gasteiger partial charge in [0, 0.05) is 43.8 Å². The highest BCUT2D eigenvalue weighted by atomic mass is 32.1. The Labute approximate surface area is 297 Å². The number of thiazole rings is 1. The van der Waals surface area contributed by atoms with Crippen LogP contribution in [-0.2, 0) is 44.9 Å². The fourth-order valence-corrected chi connectivity index (χ4v) is 6.20. The molecule has 52 heavy (non-hydrogen) atoms. The minimum Gasteiger partial charge on any atom is -0.478 e. The average molecular weight is 746 g/mol. The highest BCUT2D eigenvalue weighted by molar-refractivity contribution is 7.13. The van der Waals surface area contributed by atoms with Gasteiger partial charge < -0.3 is 29.4 Å². The summed E-state index contributed by atoms with van der Waals surface area (Å²) in [6.45, 7) is 3.82. The van der Waals surface area contributed by atoms with Gasteiger partial charge in [-0.25, -0.2) is 28.6 Å². The van der Waals surface area contributed by atoms with Crippen LogP contribution in [0.4, 0.5) is 14.5 Å². The third-order valence-corrected chi connectivity index (χ3v) is 8.62. The van der Waals surface area contributed by atoms with Crippen LogP contribution in [0.5, 0.6) is 0 Å². The molecule has 1 saturated carbocycles. The van der Waals surface area contributed by atoms with Gasteiger partial charge in [-0.3, -0.25) is 19.1 Å². The quantitative estimate of drug-likeness (QED) is 0.107. The lowest BCUT2D eigenvalue weighted by atomic mass is 9.93. The SMILES string of the molecule is CCOC1CCC(n2cc(NC(=O)c3csc(-c4cnn(COC(=O)[C@H](OC(C)=O)[C@@H](OC(C)=O)C(=O)O)c4)n3)c(-c3nc(F)ccc3F)n2)CC1. The smallest absolute Gasteiger partial charge is 0.353 e. The second-order valence-corrected chi connectivity index (χ2v) is 12.3. The zero-order valence-corrected chi connectivity index (χ0v) is 28.8. The van der Waals surface area contributed by atoms with Crippen molar-refractivity contribution in [3.63, 3.8) is 0 Å². The molecule has 276 valence electrons. The molecule has 5 rings (SSSR count). The normalized spacial score (nSPS) is 16.8. The Hall–Kier alpha value is -5.63. The number of halogens is 2. The topological polar surface area (TPSA) is 216 Å². The summed E-state index contributed by atoms with van der Waals surface area (Å²) in [5.74, 6) is -7.53. The molecule has 0 spiro atoms. The Morgan fingerprint density at radius 2 is 1.71 bits per heavy atom. The molecule has 0 radical (unpaired) electrons. The predicted molar refractivity (Wildman–Crippen MR) is 174 cm³/mol. The van der Waals surface area contributed by atoms with Crippen LogP contribution in [0.2, 0.25) is 0 Å². The minimum absolute atomic E-state index is 0.0165.